The minimum atomic E-state index is -0.472. The Morgan fingerprint density at radius 2 is 2.21 bits per heavy atom. The van der Waals surface area contributed by atoms with Crippen molar-refractivity contribution in [3.8, 4) is 0 Å². The van der Waals surface area contributed by atoms with Gasteiger partial charge in [-0.2, -0.15) is 0 Å². The van der Waals surface area contributed by atoms with Gasteiger partial charge in [0.2, 0.25) is 0 Å². The Morgan fingerprint density at radius 1 is 1.53 bits per heavy atom. The maximum atomic E-state index is 12.0. The summed E-state index contributed by atoms with van der Waals surface area (Å²) in [6.07, 6.45) is 1.71. The number of methoxy groups -OCH3 is 1. The van der Waals surface area contributed by atoms with Gasteiger partial charge in [0.05, 0.1) is 12.6 Å². The van der Waals surface area contributed by atoms with Gasteiger partial charge in [-0.15, -0.1) is 0 Å². The Balaban J connectivity index is 2.73. The molecule has 0 saturated heterocycles. The number of hydrogen-bond donors (Lipinski definition) is 1. The Hall–Kier alpha value is -1.69. The van der Waals surface area contributed by atoms with Crippen LogP contribution < -0.4 is 0 Å². The monoisotopic (exact) mass is 279 g/mol. The van der Waals surface area contributed by atoms with Crippen molar-refractivity contribution in [2.45, 2.75) is 26.8 Å². The third kappa shape index (κ3) is 2.28. The van der Waals surface area contributed by atoms with Gasteiger partial charge < -0.3 is 9.72 Å². The third-order valence-corrected chi connectivity index (χ3v) is 3.47. The largest absolute Gasteiger partial charge is 0.467 e. The number of nitrogens with zero attached hydrogens (tertiary/aromatic N) is 2. The van der Waals surface area contributed by atoms with Crippen molar-refractivity contribution in [3.05, 3.63) is 22.6 Å². The van der Waals surface area contributed by atoms with Crippen LogP contribution in [-0.4, -0.2) is 27.6 Å². The number of H-pyrrole nitrogens is 1. The third-order valence-electron chi connectivity index (χ3n) is 3.17. The zero-order chi connectivity index (χ0) is 14.2. The Morgan fingerprint density at radius 3 is 2.79 bits per heavy atom. The number of aromatic amines is 1. The molecule has 1 unspecified atom stereocenters. The van der Waals surface area contributed by atoms with Gasteiger partial charge in [-0.05, 0) is 36.7 Å². The molecule has 0 spiro atoms. The van der Waals surface area contributed by atoms with E-state index >= 15 is 0 Å². The van der Waals surface area contributed by atoms with Crippen LogP contribution in [0.1, 0.15) is 25.5 Å². The molecule has 1 N–H and O–H groups in total. The second-order valence-corrected chi connectivity index (χ2v) is 5.23. The molecule has 0 aliphatic heterocycles. The molecule has 19 heavy (non-hydrogen) atoms. The first kappa shape index (κ1) is 13.7. The molecule has 0 aliphatic carbocycles. The number of hydrogen-bond acceptors (Lipinski definition) is 4. The van der Waals surface area contributed by atoms with E-state index in [9.17, 15) is 4.79 Å². The molecule has 0 fully saturated rings. The summed E-state index contributed by atoms with van der Waals surface area (Å²) in [6, 6.07) is 1.43. The van der Waals surface area contributed by atoms with Crippen molar-refractivity contribution in [2.24, 2.45) is 5.92 Å². The molecule has 2 heterocycles. The lowest BCUT2D eigenvalue weighted by atomic mass is 10.0. The average Bonchev–Trinajstić information content (AvgIpc) is 2.68. The van der Waals surface area contributed by atoms with E-state index < -0.39 is 6.04 Å². The van der Waals surface area contributed by atoms with Crippen molar-refractivity contribution >= 4 is 29.4 Å². The zero-order valence-corrected chi connectivity index (χ0v) is 12.2. The smallest absolute Gasteiger partial charge is 0.329 e. The lowest BCUT2D eigenvalue weighted by Crippen LogP contribution is -2.26. The van der Waals surface area contributed by atoms with Gasteiger partial charge in [0.15, 0.2) is 10.4 Å². The van der Waals surface area contributed by atoms with Crippen LogP contribution in [0, 0.1) is 17.6 Å². The summed E-state index contributed by atoms with van der Waals surface area (Å²) < 4.78 is 7.12. The lowest BCUT2D eigenvalue weighted by molar-refractivity contribution is -0.145. The standard InChI is InChI=1S/C13H17N3O2S/c1-7(2)10(12(17)18-4)16-11-9(15-13(16)19)8(3)5-6-14-11/h5-7,10H,1-4H3,(H,15,19). The number of ether oxygens (including phenoxy) is 1. The molecule has 2 aromatic rings. The number of rotatable bonds is 3. The molecule has 102 valence electrons. The van der Waals surface area contributed by atoms with Crippen LogP contribution in [0.4, 0.5) is 0 Å². The minimum Gasteiger partial charge on any atom is -0.467 e. The van der Waals surface area contributed by atoms with Crippen molar-refractivity contribution in [1.82, 2.24) is 14.5 Å². The summed E-state index contributed by atoms with van der Waals surface area (Å²) in [6.45, 7) is 5.89. The highest BCUT2D eigenvalue weighted by Crippen LogP contribution is 2.25. The molecule has 0 saturated carbocycles. The van der Waals surface area contributed by atoms with Gasteiger partial charge in [0, 0.05) is 6.20 Å². The molecule has 2 aromatic heterocycles. The first-order valence-corrected chi connectivity index (χ1v) is 6.51. The second-order valence-electron chi connectivity index (χ2n) is 4.84. The summed E-state index contributed by atoms with van der Waals surface area (Å²) >= 11 is 5.33. The predicted octanol–water partition coefficient (Wildman–Crippen LogP) is 2.77. The second kappa shape index (κ2) is 5.13. The average molecular weight is 279 g/mol. The van der Waals surface area contributed by atoms with Gasteiger partial charge >= 0.3 is 5.97 Å². The maximum absolute atomic E-state index is 12.0. The van der Waals surface area contributed by atoms with Crippen LogP contribution >= 0.6 is 12.2 Å². The SMILES string of the molecule is COC(=O)C(C(C)C)n1c(=S)[nH]c2c(C)ccnc21. The number of esters is 1. The number of carbonyl (C=O) groups is 1. The van der Waals surface area contributed by atoms with E-state index in [0.717, 1.165) is 11.1 Å². The van der Waals surface area contributed by atoms with Gasteiger partial charge in [-0.1, -0.05) is 13.8 Å². The fourth-order valence-corrected chi connectivity index (χ4v) is 2.50. The molecule has 5 nitrogen and oxygen atoms in total. The quantitative estimate of drug-likeness (QED) is 0.693. The van der Waals surface area contributed by atoms with E-state index in [-0.39, 0.29) is 11.9 Å². The Kier molecular flexibility index (Phi) is 3.71. The van der Waals surface area contributed by atoms with Crippen LogP contribution in [0.3, 0.4) is 0 Å². The van der Waals surface area contributed by atoms with Crippen LogP contribution in [-0.2, 0) is 9.53 Å². The van der Waals surface area contributed by atoms with Gasteiger partial charge in [0.25, 0.3) is 0 Å². The number of carbonyl (C=O) groups excluding carboxylic acids is 1. The number of nitrogens with one attached hydrogen (secondary N) is 1. The van der Waals surface area contributed by atoms with E-state index in [1.54, 1.807) is 10.8 Å². The summed E-state index contributed by atoms with van der Waals surface area (Å²) in [5, 5.41) is 0. The zero-order valence-electron chi connectivity index (χ0n) is 11.4. The molecule has 0 bridgehead atoms. The topological polar surface area (TPSA) is 59.9 Å². The Labute approximate surface area is 116 Å². The minimum absolute atomic E-state index is 0.0560. The summed E-state index contributed by atoms with van der Waals surface area (Å²) in [4.78, 5) is 19.5. The number of fused-ring (bicyclic) bond motifs is 1. The molecule has 6 heteroatoms. The maximum Gasteiger partial charge on any atom is 0.329 e. The lowest BCUT2D eigenvalue weighted by Gasteiger charge is -2.20. The highest BCUT2D eigenvalue weighted by Gasteiger charge is 2.28. The number of pyridine rings is 1. The molecular weight excluding hydrogens is 262 g/mol. The van der Waals surface area contributed by atoms with Crippen LogP contribution in [0.2, 0.25) is 0 Å². The fraction of sp³-hybridized carbons (Fsp3) is 0.462. The van der Waals surface area contributed by atoms with Crippen LogP contribution in [0.15, 0.2) is 12.3 Å². The van der Waals surface area contributed by atoms with Gasteiger partial charge in [-0.3, -0.25) is 4.57 Å². The number of imidazole rings is 1. The molecule has 0 aliphatic rings. The molecule has 0 aromatic carbocycles. The van der Waals surface area contributed by atoms with Crippen molar-refractivity contribution < 1.29 is 9.53 Å². The summed E-state index contributed by atoms with van der Waals surface area (Å²) in [5.41, 5.74) is 2.60. The molecular formula is C13H17N3O2S. The van der Waals surface area contributed by atoms with E-state index in [4.69, 9.17) is 17.0 Å². The molecule has 0 radical (unpaired) electrons. The fourth-order valence-electron chi connectivity index (χ4n) is 2.20. The predicted molar refractivity (Wildman–Crippen MR) is 75.5 cm³/mol. The highest BCUT2D eigenvalue weighted by atomic mass is 32.1. The first-order valence-electron chi connectivity index (χ1n) is 6.11. The van der Waals surface area contributed by atoms with Gasteiger partial charge in [0.1, 0.15) is 6.04 Å². The normalized spacial score (nSPS) is 12.9. The Bertz CT molecular complexity index is 672. The molecule has 0 amide bonds. The van der Waals surface area contributed by atoms with E-state index in [1.165, 1.54) is 7.11 Å². The molecule has 1 atom stereocenters. The highest BCUT2D eigenvalue weighted by molar-refractivity contribution is 7.71. The number of aryl methyl sites for hydroxylation is 1. The van der Waals surface area contributed by atoms with Crippen LogP contribution in [0.25, 0.3) is 11.2 Å². The van der Waals surface area contributed by atoms with E-state index in [1.807, 2.05) is 26.8 Å². The summed E-state index contributed by atoms with van der Waals surface area (Å²) in [7, 11) is 1.38. The van der Waals surface area contributed by atoms with Crippen LogP contribution in [0.5, 0.6) is 0 Å². The summed E-state index contributed by atoms with van der Waals surface area (Å²) in [5.74, 6) is -0.254. The molecule has 2 rings (SSSR count). The van der Waals surface area contributed by atoms with Crippen molar-refractivity contribution in [3.63, 3.8) is 0 Å². The first-order chi connectivity index (χ1) is 8.97. The van der Waals surface area contributed by atoms with Gasteiger partial charge in [-0.25, -0.2) is 9.78 Å². The van der Waals surface area contributed by atoms with Crippen molar-refractivity contribution in [2.75, 3.05) is 7.11 Å². The van der Waals surface area contributed by atoms with E-state index in [0.29, 0.717) is 10.4 Å². The van der Waals surface area contributed by atoms with Crippen molar-refractivity contribution in [1.29, 1.82) is 0 Å². The van der Waals surface area contributed by atoms with E-state index in [2.05, 4.69) is 9.97 Å². The number of aromatic nitrogens is 3.